The maximum absolute atomic E-state index is 11.2. The standard InChI is InChI=1S/C11H23N3O/c1-4-13-7-6-9-14(5-2,10-8-13)12-11(3)15/h4-10H2,1-3H3/p+1. The molecule has 0 spiro atoms. The summed E-state index contributed by atoms with van der Waals surface area (Å²) in [6.07, 6.45) is 1.17. The summed E-state index contributed by atoms with van der Waals surface area (Å²) in [7, 11) is 0. The number of hydrogen-bond donors (Lipinski definition) is 1. The molecule has 15 heavy (non-hydrogen) atoms. The van der Waals surface area contributed by atoms with Crippen LogP contribution in [0.5, 0.6) is 0 Å². The Hall–Kier alpha value is -0.610. The molecular weight excluding hydrogens is 190 g/mol. The Kier molecular flexibility index (Phi) is 4.54. The lowest BCUT2D eigenvalue weighted by Crippen LogP contribution is -2.61. The van der Waals surface area contributed by atoms with Crippen molar-refractivity contribution in [3.8, 4) is 0 Å². The van der Waals surface area contributed by atoms with Gasteiger partial charge in [0, 0.05) is 26.4 Å². The van der Waals surface area contributed by atoms with E-state index < -0.39 is 0 Å². The van der Waals surface area contributed by atoms with Gasteiger partial charge in [-0.3, -0.25) is 9.69 Å². The van der Waals surface area contributed by atoms with E-state index in [1.807, 2.05) is 0 Å². The van der Waals surface area contributed by atoms with Gasteiger partial charge in [-0.1, -0.05) is 6.92 Å². The van der Waals surface area contributed by atoms with Crippen LogP contribution in [-0.2, 0) is 4.79 Å². The normalized spacial score (nSPS) is 28.5. The van der Waals surface area contributed by atoms with Crippen molar-refractivity contribution >= 4 is 5.91 Å². The predicted molar refractivity (Wildman–Crippen MR) is 61.1 cm³/mol. The molecule has 4 nitrogen and oxygen atoms in total. The number of carbonyl (C=O) groups excluding carboxylic acids is 1. The number of likely N-dealkylation sites (N-methyl/N-ethyl adjacent to an activating group) is 2. The Morgan fingerprint density at radius 1 is 1.33 bits per heavy atom. The smallest absolute Gasteiger partial charge is 0.261 e. The summed E-state index contributed by atoms with van der Waals surface area (Å²) < 4.78 is 0.756. The van der Waals surface area contributed by atoms with Crippen LogP contribution in [0.4, 0.5) is 0 Å². The summed E-state index contributed by atoms with van der Waals surface area (Å²) in [5.74, 6) is 0.0850. The van der Waals surface area contributed by atoms with Gasteiger partial charge in [0.15, 0.2) is 0 Å². The van der Waals surface area contributed by atoms with Crippen LogP contribution in [0.25, 0.3) is 0 Å². The SMILES string of the molecule is CCN1CCC[N+](CC)(NC(C)=O)CC1. The second-order valence-electron chi connectivity index (χ2n) is 4.36. The summed E-state index contributed by atoms with van der Waals surface area (Å²) in [5.41, 5.74) is 3.10. The lowest BCUT2D eigenvalue weighted by molar-refractivity contribution is -0.958. The van der Waals surface area contributed by atoms with E-state index in [2.05, 4.69) is 24.2 Å². The Balaban J connectivity index is 2.61. The quantitative estimate of drug-likeness (QED) is 0.698. The first-order chi connectivity index (χ1) is 7.12. The molecule has 1 heterocycles. The molecule has 4 heteroatoms. The van der Waals surface area contributed by atoms with Gasteiger partial charge in [-0.25, -0.2) is 10.0 Å². The highest BCUT2D eigenvalue weighted by Gasteiger charge is 2.29. The van der Waals surface area contributed by atoms with Gasteiger partial charge >= 0.3 is 0 Å². The van der Waals surface area contributed by atoms with Gasteiger partial charge in [-0.05, 0) is 13.5 Å². The highest BCUT2D eigenvalue weighted by Crippen LogP contribution is 2.10. The van der Waals surface area contributed by atoms with Crippen LogP contribution in [0.3, 0.4) is 0 Å². The minimum atomic E-state index is 0.0850. The monoisotopic (exact) mass is 214 g/mol. The number of nitrogens with one attached hydrogen (secondary N) is 1. The zero-order chi connectivity index (χ0) is 11.3. The molecule has 0 saturated carbocycles. The fraction of sp³-hybridized carbons (Fsp3) is 0.909. The van der Waals surface area contributed by atoms with Gasteiger partial charge in [0.2, 0.25) is 0 Å². The van der Waals surface area contributed by atoms with Crippen molar-refractivity contribution in [1.29, 1.82) is 0 Å². The summed E-state index contributed by atoms with van der Waals surface area (Å²) in [4.78, 5) is 13.7. The van der Waals surface area contributed by atoms with Crippen LogP contribution in [0.1, 0.15) is 27.2 Å². The molecule has 1 aliphatic rings. The van der Waals surface area contributed by atoms with Crippen LogP contribution in [0.15, 0.2) is 0 Å². The summed E-state index contributed by atoms with van der Waals surface area (Å²) >= 11 is 0. The first-order valence-corrected chi connectivity index (χ1v) is 5.99. The molecule has 1 fully saturated rings. The fourth-order valence-corrected chi connectivity index (χ4v) is 2.31. The third-order valence-corrected chi connectivity index (χ3v) is 3.35. The lowest BCUT2D eigenvalue weighted by atomic mass is 10.3. The van der Waals surface area contributed by atoms with Crippen molar-refractivity contribution in [3.05, 3.63) is 0 Å². The van der Waals surface area contributed by atoms with Gasteiger partial charge < -0.3 is 0 Å². The van der Waals surface area contributed by atoms with Crippen molar-refractivity contribution in [2.45, 2.75) is 27.2 Å². The number of hydrogen-bond acceptors (Lipinski definition) is 2. The van der Waals surface area contributed by atoms with Crippen molar-refractivity contribution < 1.29 is 9.39 Å². The minimum absolute atomic E-state index is 0.0850. The Bertz CT molecular complexity index is 220. The summed E-state index contributed by atoms with van der Waals surface area (Å²) in [6, 6.07) is 0. The van der Waals surface area contributed by atoms with E-state index in [-0.39, 0.29) is 5.91 Å². The highest BCUT2D eigenvalue weighted by molar-refractivity contribution is 5.71. The van der Waals surface area contributed by atoms with E-state index in [9.17, 15) is 4.79 Å². The second-order valence-corrected chi connectivity index (χ2v) is 4.36. The Morgan fingerprint density at radius 2 is 2.07 bits per heavy atom. The molecule has 1 rings (SSSR count). The maximum atomic E-state index is 11.2. The zero-order valence-electron chi connectivity index (χ0n) is 10.3. The Morgan fingerprint density at radius 3 is 2.60 bits per heavy atom. The van der Waals surface area contributed by atoms with Gasteiger partial charge in [-0.2, -0.15) is 0 Å². The van der Waals surface area contributed by atoms with Crippen molar-refractivity contribution in [2.24, 2.45) is 0 Å². The third kappa shape index (κ3) is 3.47. The second kappa shape index (κ2) is 5.47. The molecule has 0 aromatic heterocycles. The number of carbonyl (C=O) groups is 1. The zero-order valence-corrected chi connectivity index (χ0v) is 10.3. The Labute approximate surface area is 92.8 Å². The van der Waals surface area contributed by atoms with E-state index in [0.29, 0.717) is 0 Å². The topological polar surface area (TPSA) is 32.3 Å². The van der Waals surface area contributed by atoms with Crippen LogP contribution < -0.4 is 5.43 Å². The van der Waals surface area contributed by atoms with Gasteiger partial charge in [-0.15, -0.1) is 0 Å². The van der Waals surface area contributed by atoms with Gasteiger partial charge in [0.05, 0.1) is 6.54 Å². The molecule has 88 valence electrons. The number of nitrogens with zero attached hydrogens (tertiary/aromatic N) is 2. The number of quaternary nitrogens is 1. The summed E-state index contributed by atoms with van der Waals surface area (Å²) in [5, 5.41) is 0. The largest absolute Gasteiger partial charge is 0.298 e. The fourth-order valence-electron chi connectivity index (χ4n) is 2.31. The highest BCUT2D eigenvalue weighted by atomic mass is 16.2. The van der Waals surface area contributed by atoms with E-state index in [1.165, 1.54) is 6.42 Å². The lowest BCUT2D eigenvalue weighted by Gasteiger charge is -2.35. The van der Waals surface area contributed by atoms with Crippen molar-refractivity contribution in [1.82, 2.24) is 10.3 Å². The molecule has 0 aromatic carbocycles. The van der Waals surface area contributed by atoms with Crippen LogP contribution >= 0.6 is 0 Å². The van der Waals surface area contributed by atoms with E-state index in [4.69, 9.17) is 0 Å². The molecular formula is C11H24N3O+. The first kappa shape index (κ1) is 12.5. The minimum Gasteiger partial charge on any atom is -0.298 e. The average molecular weight is 214 g/mol. The molecule has 0 aromatic rings. The average Bonchev–Trinajstić information content (AvgIpc) is 2.40. The molecule has 1 amide bonds. The van der Waals surface area contributed by atoms with Crippen LogP contribution in [0.2, 0.25) is 0 Å². The molecule has 1 atom stereocenters. The number of rotatable bonds is 3. The summed E-state index contributed by atoms with van der Waals surface area (Å²) in [6.45, 7) is 12.4. The third-order valence-electron chi connectivity index (χ3n) is 3.35. The first-order valence-electron chi connectivity index (χ1n) is 5.99. The van der Waals surface area contributed by atoms with E-state index in [1.54, 1.807) is 6.92 Å². The molecule has 0 radical (unpaired) electrons. The molecule has 1 aliphatic heterocycles. The maximum Gasteiger partial charge on any atom is 0.261 e. The molecule has 1 saturated heterocycles. The molecule has 0 bridgehead atoms. The van der Waals surface area contributed by atoms with Crippen LogP contribution in [-0.4, -0.2) is 54.7 Å². The van der Waals surface area contributed by atoms with Crippen LogP contribution in [0, 0.1) is 0 Å². The van der Waals surface area contributed by atoms with Crippen molar-refractivity contribution in [3.63, 3.8) is 0 Å². The van der Waals surface area contributed by atoms with E-state index in [0.717, 1.165) is 43.9 Å². The van der Waals surface area contributed by atoms with Gasteiger partial charge in [0.1, 0.15) is 13.1 Å². The van der Waals surface area contributed by atoms with Gasteiger partial charge in [0.25, 0.3) is 5.91 Å². The molecule has 1 unspecified atom stereocenters. The molecule has 0 aliphatic carbocycles. The van der Waals surface area contributed by atoms with E-state index >= 15 is 0 Å². The van der Waals surface area contributed by atoms with Crippen molar-refractivity contribution in [2.75, 3.05) is 39.3 Å². The molecule has 1 N–H and O–H groups in total. The number of amides is 1. The predicted octanol–water partition coefficient (Wildman–Crippen LogP) is 0.600.